The second kappa shape index (κ2) is 11.2. The van der Waals surface area contributed by atoms with Crippen LogP contribution in [0.25, 0.3) is 10.9 Å². The number of rotatable bonds is 7. The van der Waals surface area contributed by atoms with E-state index in [0.717, 1.165) is 38.6 Å². The Balaban J connectivity index is 1.26. The molecule has 3 aromatic carbocycles. The highest BCUT2D eigenvalue weighted by atomic mass is 35.5. The predicted octanol–water partition coefficient (Wildman–Crippen LogP) is 7.57. The number of hydrogen-bond donors (Lipinski definition) is 2. The number of ether oxygens (including phenoxy) is 2. The summed E-state index contributed by atoms with van der Waals surface area (Å²) >= 11 is 13.9. The van der Waals surface area contributed by atoms with Crippen LogP contribution in [0.5, 0.6) is 11.5 Å². The molecular weight excluding hydrogens is 555 g/mol. The molecule has 10 heteroatoms. The van der Waals surface area contributed by atoms with Gasteiger partial charge in [0.1, 0.15) is 24.1 Å². The van der Waals surface area contributed by atoms with E-state index in [1.165, 1.54) is 0 Å². The van der Waals surface area contributed by atoms with Crippen LogP contribution < -0.4 is 14.8 Å². The number of thiazole rings is 1. The van der Waals surface area contributed by atoms with Crippen LogP contribution in [0, 0.1) is 0 Å². The molecule has 0 bridgehead atoms. The number of halogens is 2. The fourth-order valence-corrected chi connectivity index (χ4v) is 5.71. The van der Waals surface area contributed by atoms with Gasteiger partial charge in [0.25, 0.3) is 0 Å². The number of aromatic amines is 1. The predicted molar refractivity (Wildman–Crippen MR) is 156 cm³/mol. The van der Waals surface area contributed by atoms with Gasteiger partial charge in [-0.1, -0.05) is 35.3 Å². The molecule has 0 saturated heterocycles. The third-order valence-corrected chi connectivity index (χ3v) is 7.84. The molecule has 0 saturated carbocycles. The van der Waals surface area contributed by atoms with Crippen molar-refractivity contribution in [3.05, 3.63) is 105 Å². The van der Waals surface area contributed by atoms with Crippen LogP contribution in [0.3, 0.4) is 0 Å². The fourth-order valence-electron chi connectivity index (χ4n) is 4.85. The van der Waals surface area contributed by atoms with Gasteiger partial charge in [-0.2, -0.15) is 0 Å². The average molecular weight is 580 g/mol. The second-order valence-electron chi connectivity index (χ2n) is 9.06. The van der Waals surface area contributed by atoms with Gasteiger partial charge in [-0.3, -0.25) is 4.90 Å². The van der Waals surface area contributed by atoms with Crippen molar-refractivity contribution in [2.75, 3.05) is 25.0 Å². The molecule has 0 radical (unpaired) electrons. The SMILES string of the molecule is O=C(Oc1ccc(Cl)cc1)N1CCc2c([nH]c3ccc(Cl)cc23)[C@@H]1c1ccc(OCCNc2nccs2)cc1. The van der Waals surface area contributed by atoms with Crippen molar-refractivity contribution in [3.8, 4) is 11.5 Å². The number of anilines is 1. The summed E-state index contributed by atoms with van der Waals surface area (Å²) in [5.74, 6) is 1.18. The smallest absolute Gasteiger partial charge is 0.416 e. The normalized spacial score (nSPS) is 14.7. The highest BCUT2D eigenvalue weighted by molar-refractivity contribution is 7.13. The first-order valence-corrected chi connectivity index (χ1v) is 14.1. The van der Waals surface area contributed by atoms with Gasteiger partial charge in [0.05, 0.1) is 6.54 Å². The largest absolute Gasteiger partial charge is 0.492 e. The Hall–Kier alpha value is -3.72. The first-order valence-electron chi connectivity index (χ1n) is 12.5. The van der Waals surface area contributed by atoms with Crippen LogP contribution >= 0.6 is 34.5 Å². The van der Waals surface area contributed by atoms with Crippen molar-refractivity contribution in [2.24, 2.45) is 0 Å². The summed E-state index contributed by atoms with van der Waals surface area (Å²) < 4.78 is 11.7. The van der Waals surface area contributed by atoms with Gasteiger partial charge in [0.15, 0.2) is 5.13 Å². The van der Waals surface area contributed by atoms with E-state index in [1.54, 1.807) is 46.7 Å². The number of nitrogens with zero attached hydrogens (tertiary/aromatic N) is 2. The van der Waals surface area contributed by atoms with Crippen LogP contribution in [0.2, 0.25) is 10.0 Å². The molecule has 1 aliphatic rings. The zero-order chi connectivity index (χ0) is 26.8. The summed E-state index contributed by atoms with van der Waals surface area (Å²) in [5.41, 5.74) is 4.03. The first-order chi connectivity index (χ1) is 19.0. The Labute approximate surface area is 239 Å². The van der Waals surface area contributed by atoms with E-state index >= 15 is 0 Å². The lowest BCUT2D eigenvalue weighted by molar-refractivity contribution is 0.135. The molecular formula is C29H24Cl2N4O3S. The zero-order valence-corrected chi connectivity index (χ0v) is 23.0. The molecule has 2 aromatic heterocycles. The molecule has 2 N–H and O–H groups in total. The lowest BCUT2D eigenvalue weighted by atomic mass is 9.92. The van der Waals surface area contributed by atoms with E-state index in [2.05, 4.69) is 15.3 Å². The topological polar surface area (TPSA) is 79.5 Å². The van der Waals surface area contributed by atoms with Gasteiger partial charge < -0.3 is 19.8 Å². The van der Waals surface area contributed by atoms with Crippen molar-refractivity contribution >= 4 is 56.7 Å². The van der Waals surface area contributed by atoms with Crippen LogP contribution in [0.1, 0.15) is 22.9 Å². The van der Waals surface area contributed by atoms with E-state index in [-0.39, 0.29) is 6.04 Å². The van der Waals surface area contributed by atoms with Gasteiger partial charge in [-0.15, -0.1) is 11.3 Å². The molecule has 6 rings (SSSR count). The van der Waals surface area contributed by atoms with Crippen molar-refractivity contribution in [1.82, 2.24) is 14.9 Å². The molecule has 5 aromatic rings. The Kier molecular flexibility index (Phi) is 7.32. The fraction of sp³-hybridized carbons (Fsp3) is 0.172. The average Bonchev–Trinajstić information content (AvgIpc) is 3.60. The molecule has 198 valence electrons. The summed E-state index contributed by atoms with van der Waals surface area (Å²) in [6, 6.07) is 20.0. The van der Waals surface area contributed by atoms with E-state index in [4.69, 9.17) is 32.7 Å². The number of carbonyl (C=O) groups excluding carboxylic acids is 1. The number of benzene rings is 3. The minimum Gasteiger partial charge on any atom is -0.492 e. The summed E-state index contributed by atoms with van der Waals surface area (Å²) in [6.07, 6.45) is 2.01. The second-order valence-corrected chi connectivity index (χ2v) is 10.8. The summed E-state index contributed by atoms with van der Waals surface area (Å²) in [4.78, 5) is 23.0. The van der Waals surface area contributed by atoms with E-state index in [0.29, 0.717) is 41.9 Å². The molecule has 0 aliphatic carbocycles. The zero-order valence-electron chi connectivity index (χ0n) is 20.7. The number of amides is 1. The summed E-state index contributed by atoms with van der Waals surface area (Å²) in [6.45, 7) is 1.63. The summed E-state index contributed by atoms with van der Waals surface area (Å²) in [5, 5.41) is 8.35. The Morgan fingerprint density at radius 3 is 2.59 bits per heavy atom. The lowest BCUT2D eigenvalue weighted by Gasteiger charge is -2.35. The van der Waals surface area contributed by atoms with Gasteiger partial charge >= 0.3 is 6.09 Å². The minimum absolute atomic E-state index is 0.375. The molecule has 1 atom stereocenters. The van der Waals surface area contributed by atoms with Crippen molar-refractivity contribution in [1.29, 1.82) is 0 Å². The van der Waals surface area contributed by atoms with Crippen LogP contribution in [-0.4, -0.2) is 40.7 Å². The number of fused-ring (bicyclic) bond motifs is 3. The van der Waals surface area contributed by atoms with Crippen molar-refractivity contribution in [3.63, 3.8) is 0 Å². The number of nitrogens with one attached hydrogen (secondary N) is 2. The maximum absolute atomic E-state index is 13.5. The molecule has 3 heterocycles. The van der Waals surface area contributed by atoms with E-state index in [1.807, 2.05) is 47.8 Å². The quantitative estimate of drug-likeness (QED) is 0.195. The van der Waals surface area contributed by atoms with Gasteiger partial charge in [0, 0.05) is 44.8 Å². The van der Waals surface area contributed by atoms with E-state index in [9.17, 15) is 4.79 Å². The van der Waals surface area contributed by atoms with Gasteiger partial charge in [-0.25, -0.2) is 9.78 Å². The number of hydrogen-bond acceptors (Lipinski definition) is 6. The number of carbonyl (C=O) groups is 1. The lowest BCUT2D eigenvalue weighted by Crippen LogP contribution is -2.42. The molecule has 1 amide bonds. The molecule has 7 nitrogen and oxygen atoms in total. The Bertz CT molecular complexity index is 1590. The standard InChI is InChI=1S/C29H24Cl2N4O3S/c30-19-3-8-22(9-4-19)38-29(36)35-14-11-23-24-17-20(31)5-10-25(24)34-26(23)27(35)18-1-6-21(7-2-18)37-15-12-32-28-33-13-16-39-28/h1-10,13,16-17,27,34H,11-12,14-15H2,(H,32,33)/t27-/m0/s1. The molecule has 39 heavy (non-hydrogen) atoms. The highest BCUT2D eigenvalue weighted by Crippen LogP contribution is 2.40. The maximum Gasteiger partial charge on any atom is 0.416 e. The maximum atomic E-state index is 13.5. The van der Waals surface area contributed by atoms with Crippen LogP contribution in [0.4, 0.5) is 9.93 Å². The monoisotopic (exact) mass is 578 g/mol. The van der Waals surface area contributed by atoms with Crippen molar-refractivity contribution < 1.29 is 14.3 Å². The third-order valence-electron chi connectivity index (χ3n) is 6.62. The number of aromatic nitrogens is 2. The van der Waals surface area contributed by atoms with Crippen molar-refractivity contribution in [2.45, 2.75) is 12.5 Å². The van der Waals surface area contributed by atoms with Crippen LogP contribution in [-0.2, 0) is 6.42 Å². The Morgan fingerprint density at radius 2 is 1.82 bits per heavy atom. The Morgan fingerprint density at radius 1 is 1.05 bits per heavy atom. The number of H-pyrrole nitrogens is 1. The molecule has 0 fully saturated rings. The first kappa shape index (κ1) is 25.6. The van der Waals surface area contributed by atoms with E-state index < -0.39 is 6.09 Å². The summed E-state index contributed by atoms with van der Waals surface area (Å²) in [7, 11) is 0. The molecule has 0 unspecified atom stereocenters. The van der Waals surface area contributed by atoms with Gasteiger partial charge in [0.2, 0.25) is 0 Å². The van der Waals surface area contributed by atoms with Gasteiger partial charge in [-0.05, 0) is 72.1 Å². The highest BCUT2D eigenvalue weighted by Gasteiger charge is 2.35. The van der Waals surface area contributed by atoms with Crippen LogP contribution in [0.15, 0.2) is 78.3 Å². The minimum atomic E-state index is -0.432. The molecule has 0 spiro atoms. The molecule has 1 aliphatic heterocycles. The third kappa shape index (κ3) is 5.54.